The van der Waals surface area contributed by atoms with Crippen molar-refractivity contribution in [2.24, 2.45) is 10.2 Å². The second kappa shape index (κ2) is 7.87. The first kappa shape index (κ1) is 22.2. The fourth-order valence-electron chi connectivity index (χ4n) is 2.85. The van der Waals surface area contributed by atoms with Gasteiger partial charge in [-0.2, -0.15) is 0 Å². The molecule has 154 valence electrons. The number of amides is 2. The van der Waals surface area contributed by atoms with E-state index in [0.29, 0.717) is 0 Å². The van der Waals surface area contributed by atoms with Gasteiger partial charge < -0.3 is 10.6 Å². The van der Waals surface area contributed by atoms with Crippen molar-refractivity contribution in [1.29, 1.82) is 0 Å². The van der Waals surface area contributed by atoms with Gasteiger partial charge in [-0.25, -0.2) is 0 Å². The molecule has 0 spiro atoms. The molecule has 0 bridgehead atoms. The standard InChI is InChI=1S/C16H2Cl8N4O2/c17-5-1-3(7(19)11(23)9(5)21)15(29)25-13(1)27-28-14-2-4(16(30)26-14)8(20)12(24)10(22)6(2)18/h(H,25,27,29)(H,26,28,30). The fourth-order valence-corrected chi connectivity index (χ4v) is 4.91. The smallest absolute Gasteiger partial charge is 0.259 e. The van der Waals surface area contributed by atoms with Crippen LogP contribution in [0.25, 0.3) is 0 Å². The van der Waals surface area contributed by atoms with E-state index in [1.165, 1.54) is 0 Å². The van der Waals surface area contributed by atoms with Crippen molar-refractivity contribution < 1.29 is 9.59 Å². The Balaban J connectivity index is 1.90. The van der Waals surface area contributed by atoms with E-state index in [4.69, 9.17) is 92.8 Å². The number of hydrogen-bond acceptors (Lipinski definition) is 4. The highest BCUT2D eigenvalue weighted by molar-refractivity contribution is 6.56. The minimum absolute atomic E-state index is 0.0122. The lowest BCUT2D eigenvalue weighted by Crippen LogP contribution is -2.23. The zero-order valence-corrected chi connectivity index (χ0v) is 19.8. The number of carbonyl (C=O) groups is 2. The molecule has 2 aliphatic rings. The summed E-state index contributed by atoms with van der Waals surface area (Å²) >= 11 is 48.8. The van der Waals surface area contributed by atoms with Gasteiger partial charge >= 0.3 is 0 Å². The van der Waals surface area contributed by atoms with E-state index >= 15 is 0 Å². The molecule has 0 atom stereocenters. The molecule has 0 radical (unpaired) electrons. The Morgan fingerprint density at radius 3 is 1.00 bits per heavy atom. The summed E-state index contributed by atoms with van der Waals surface area (Å²) in [6.45, 7) is 0. The Bertz CT molecular complexity index is 1170. The Hall–Kier alpha value is -0.960. The van der Waals surface area contributed by atoms with Gasteiger partial charge in [0, 0.05) is 0 Å². The quantitative estimate of drug-likeness (QED) is 0.235. The molecule has 6 nitrogen and oxygen atoms in total. The minimum Gasteiger partial charge on any atom is -0.304 e. The summed E-state index contributed by atoms with van der Waals surface area (Å²) in [5, 5.41) is 12.3. The maximum atomic E-state index is 12.3. The number of nitrogens with zero attached hydrogens (tertiary/aromatic N) is 2. The van der Waals surface area contributed by atoms with Crippen LogP contribution in [-0.4, -0.2) is 23.5 Å². The van der Waals surface area contributed by atoms with Crippen molar-refractivity contribution in [2.45, 2.75) is 0 Å². The molecule has 0 unspecified atom stereocenters. The lowest BCUT2D eigenvalue weighted by Gasteiger charge is -2.08. The molecular formula is C16H2Cl8N4O2. The van der Waals surface area contributed by atoms with Gasteiger partial charge in [0.2, 0.25) is 0 Å². The van der Waals surface area contributed by atoms with E-state index in [0.717, 1.165) is 0 Å². The third-order valence-corrected chi connectivity index (χ3v) is 7.78. The maximum absolute atomic E-state index is 12.3. The first-order chi connectivity index (χ1) is 14.1. The summed E-state index contributed by atoms with van der Waals surface area (Å²) in [5.41, 5.74) is 0.185. The first-order valence-electron chi connectivity index (χ1n) is 7.57. The minimum atomic E-state index is -0.610. The van der Waals surface area contributed by atoms with Crippen LogP contribution in [0.3, 0.4) is 0 Å². The first-order valence-corrected chi connectivity index (χ1v) is 10.6. The molecule has 0 aliphatic carbocycles. The van der Waals surface area contributed by atoms with Crippen LogP contribution in [0.15, 0.2) is 10.2 Å². The van der Waals surface area contributed by atoms with E-state index < -0.39 is 11.8 Å². The van der Waals surface area contributed by atoms with Crippen LogP contribution >= 0.6 is 92.8 Å². The van der Waals surface area contributed by atoms with Gasteiger partial charge in [-0.05, 0) is 0 Å². The zero-order chi connectivity index (χ0) is 22.1. The third-order valence-electron chi connectivity index (χ3n) is 4.18. The van der Waals surface area contributed by atoms with Crippen LogP contribution in [0.1, 0.15) is 31.8 Å². The van der Waals surface area contributed by atoms with E-state index in [9.17, 15) is 9.59 Å². The Kier molecular flexibility index (Phi) is 5.83. The second-order valence-electron chi connectivity index (χ2n) is 5.82. The van der Waals surface area contributed by atoms with Gasteiger partial charge in [-0.1, -0.05) is 92.8 Å². The Morgan fingerprint density at radius 2 is 0.700 bits per heavy atom. The molecule has 0 saturated carbocycles. The van der Waals surface area contributed by atoms with E-state index in [2.05, 4.69) is 20.8 Å². The van der Waals surface area contributed by atoms with Gasteiger partial charge in [0.15, 0.2) is 11.7 Å². The van der Waals surface area contributed by atoms with Crippen LogP contribution < -0.4 is 10.6 Å². The highest BCUT2D eigenvalue weighted by Gasteiger charge is 2.36. The van der Waals surface area contributed by atoms with Crippen LogP contribution in [-0.2, 0) is 0 Å². The van der Waals surface area contributed by atoms with E-state index in [1.807, 2.05) is 0 Å². The predicted molar refractivity (Wildman–Crippen MR) is 121 cm³/mol. The molecule has 2 aromatic rings. The van der Waals surface area contributed by atoms with E-state index in [1.54, 1.807) is 0 Å². The molecule has 2 aliphatic heterocycles. The van der Waals surface area contributed by atoms with Crippen LogP contribution in [0, 0.1) is 0 Å². The monoisotopic (exact) mass is 562 g/mol. The topological polar surface area (TPSA) is 82.9 Å². The Morgan fingerprint density at radius 1 is 0.433 bits per heavy atom. The summed E-state index contributed by atoms with van der Waals surface area (Å²) in [6.07, 6.45) is 0. The fraction of sp³-hybridized carbons (Fsp3) is 0. The molecule has 14 heteroatoms. The van der Waals surface area contributed by atoms with Crippen LogP contribution in [0.5, 0.6) is 0 Å². The van der Waals surface area contributed by atoms with Crippen LogP contribution in [0.2, 0.25) is 40.2 Å². The summed E-state index contributed by atoms with van der Waals surface area (Å²) in [4.78, 5) is 24.6. The molecule has 30 heavy (non-hydrogen) atoms. The molecule has 0 fully saturated rings. The van der Waals surface area contributed by atoms with Crippen molar-refractivity contribution >= 4 is 116 Å². The predicted octanol–water partition coefficient (Wildman–Crippen LogP) is 6.51. The molecule has 2 aromatic carbocycles. The average molecular weight is 566 g/mol. The van der Waals surface area contributed by atoms with Crippen molar-refractivity contribution in [3.05, 3.63) is 62.4 Å². The number of halogens is 8. The van der Waals surface area contributed by atoms with Crippen LogP contribution in [0.4, 0.5) is 0 Å². The van der Waals surface area contributed by atoms with Gasteiger partial charge in [0.1, 0.15) is 0 Å². The third kappa shape index (κ3) is 3.17. The second-order valence-corrected chi connectivity index (χ2v) is 8.84. The van der Waals surface area contributed by atoms with Crippen molar-refractivity contribution in [1.82, 2.24) is 10.6 Å². The molecule has 4 rings (SSSR count). The van der Waals surface area contributed by atoms with Crippen molar-refractivity contribution in [3.8, 4) is 0 Å². The van der Waals surface area contributed by atoms with Gasteiger partial charge in [0.05, 0.1) is 62.4 Å². The summed E-state index contributed by atoms with van der Waals surface area (Å²) in [5.74, 6) is -1.36. The summed E-state index contributed by atoms with van der Waals surface area (Å²) in [7, 11) is 0. The summed E-state index contributed by atoms with van der Waals surface area (Å²) in [6, 6.07) is 0. The number of carbonyl (C=O) groups excluding carboxylic acids is 2. The molecule has 0 aromatic heterocycles. The number of nitrogens with one attached hydrogen (secondary N) is 2. The molecule has 2 amide bonds. The lowest BCUT2D eigenvalue weighted by atomic mass is 10.1. The number of rotatable bonds is 1. The highest BCUT2D eigenvalue weighted by atomic mass is 35.5. The number of benzene rings is 2. The number of amidine groups is 2. The summed E-state index contributed by atoms with van der Waals surface area (Å²) < 4.78 is 0. The largest absolute Gasteiger partial charge is 0.304 e. The normalized spacial score (nSPS) is 17.5. The van der Waals surface area contributed by atoms with Gasteiger partial charge in [-0.3, -0.25) is 9.59 Å². The zero-order valence-electron chi connectivity index (χ0n) is 13.7. The average Bonchev–Trinajstić information content (AvgIpc) is 3.22. The number of fused-ring (bicyclic) bond motifs is 2. The molecule has 0 saturated heterocycles. The molecule has 2 heterocycles. The van der Waals surface area contributed by atoms with Gasteiger partial charge in [-0.15, -0.1) is 10.2 Å². The van der Waals surface area contributed by atoms with Gasteiger partial charge in [0.25, 0.3) is 11.8 Å². The Labute approximate surface area is 208 Å². The van der Waals surface area contributed by atoms with Crippen molar-refractivity contribution in [3.63, 3.8) is 0 Å². The van der Waals surface area contributed by atoms with Crippen molar-refractivity contribution in [2.75, 3.05) is 0 Å². The lowest BCUT2D eigenvalue weighted by molar-refractivity contribution is 0.0974. The van der Waals surface area contributed by atoms with E-state index in [-0.39, 0.29) is 74.1 Å². The highest BCUT2D eigenvalue weighted by Crippen LogP contribution is 2.44. The number of hydrogen-bond donors (Lipinski definition) is 2. The molecular weight excluding hydrogens is 564 g/mol. The SMILES string of the molecule is O=C1NC(=NN=C2NC(=O)c3c(Cl)c(Cl)c(Cl)c(Cl)c32)c2c(Cl)c(Cl)c(Cl)c(Cl)c21. The maximum Gasteiger partial charge on any atom is 0.259 e. The molecule has 2 N–H and O–H groups in total.